The average Bonchev–Trinajstić information content (AvgIpc) is 2.86. The van der Waals surface area contributed by atoms with Crippen molar-refractivity contribution in [1.29, 1.82) is 0 Å². The number of aliphatic hydroxyl groups is 8. The first-order valence-electron chi connectivity index (χ1n) is 7.95. The zero-order valence-corrected chi connectivity index (χ0v) is 13.5. The van der Waals surface area contributed by atoms with E-state index in [1.165, 1.54) is 0 Å². The van der Waals surface area contributed by atoms with Gasteiger partial charge >= 0.3 is 0 Å². The maximum atomic E-state index is 10.0. The fourth-order valence-electron chi connectivity index (χ4n) is 3.06. The van der Waals surface area contributed by atoms with Crippen LogP contribution < -0.4 is 0 Å². The molecule has 25 heavy (non-hydrogen) atoms. The molecule has 0 aromatic heterocycles. The monoisotopic (exact) mass is 370 g/mol. The van der Waals surface area contributed by atoms with Crippen molar-refractivity contribution in [3.05, 3.63) is 0 Å². The zero-order valence-electron chi connectivity index (χ0n) is 13.5. The van der Waals surface area contributed by atoms with Crippen molar-refractivity contribution in [1.82, 2.24) is 0 Å². The standard InChI is InChI=1S/C14H26O11/c15-1-6-9(18)12(21)10(19)8(24-6)3-23-5-14(4-17)13(22)11(20)7(2-16)25-14/h6-13,15-22H,1-5H2/t6?,7?,8?,9-,10+,11?,12+,13+,14?/m0/s1. The highest BCUT2D eigenvalue weighted by atomic mass is 16.6. The summed E-state index contributed by atoms with van der Waals surface area (Å²) in [7, 11) is 0. The molecule has 9 atom stereocenters. The number of aliphatic hydroxyl groups excluding tert-OH is 8. The van der Waals surface area contributed by atoms with Gasteiger partial charge in [-0.15, -0.1) is 0 Å². The molecular formula is C14H26O11. The van der Waals surface area contributed by atoms with Gasteiger partial charge in [-0.25, -0.2) is 0 Å². The molecule has 11 heteroatoms. The van der Waals surface area contributed by atoms with Crippen molar-refractivity contribution in [3.63, 3.8) is 0 Å². The van der Waals surface area contributed by atoms with E-state index in [0.29, 0.717) is 0 Å². The van der Waals surface area contributed by atoms with Gasteiger partial charge in [-0.1, -0.05) is 0 Å². The lowest BCUT2D eigenvalue weighted by Crippen LogP contribution is -2.60. The van der Waals surface area contributed by atoms with Crippen molar-refractivity contribution < 1.29 is 55.1 Å². The third-order valence-electron chi connectivity index (χ3n) is 4.70. The predicted octanol–water partition coefficient (Wildman–Crippen LogP) is -5.31. The van der Waals surface area contributed by atoms with Gasteiger partial charge in [0.1, 0.15) is 54.4 Å². The third-order valence-corrected chi connectivity index (χ3v) is 4.70. The van der Waals surface area contributed by atoms with E-state index in [-0.39, 0.29) is 6.61 Å². The molecule has 2 aliphatic heterocycles. The Morgan fingerprint density at radius 2 is 1.36 bits per heavy atom. The van der Waals surface area contributed by atoms with E-state index in [2.05, 4.69) is 0 Å². The molecule has 0 spiro atoms. The Morgan fingerprint density at radius 1 is 0.760 bits per heavy atom. The van der Waals surface area contributed by atoms with Crippen LogP contribution in [0.25, 0.3) is 0 Å². The normalized spacial score (nSPS) is 48.0. The van der Waals surface area contributed by atoms with E-state index in [4.69, 9.17) is 24.4 Å². The van der Waals surface area contributed by atoms with Crippen LogP contribution in [0.15, 0.2) is 0 Å². The van der Waals surface area contributed by atoms with Gasteiger partial charge in [-0.3, -0.25) is 0 Å². The topological polar surface area (TPSA) is 190 Å². The molecule has 2 rings (SSSR count). The minimum atomic E-state index is -1.67. The summed E-state index contributed by atoms with van der Waals surface area (Å²) in [6, 6.07) is 0. The second-order valence-electron chi connectivity index (χ2n) is 6.38. The summed E-state index contributed by atoms with van der Waals surface area (Å²) in [6.45, 7) is -2.54. The summed E-state index contributed by atoms with van der Waals surface area (Å²) in [4.78, 5) is 0. The van der Waals surface area contributed by atoms with Crippen LogP contribution in [0.2, 0.25) is 0 Å². The van der Waals surface area contributed by atoms with Crippen LogP contribution >= 0.6 is 0 Å². The van der Waals surface area contributed by atoms with Crippen LogP contribution in [0.1, 0.15) is 0 Å². The van der Waals surface area contributed by atoms with Crippen LogP contribution in [-0.4, -0.2) is 128 Å². The molecule has 0 saturated carbocycles. The molecule has 8 N–H and O–H groups in total. The summed E-state index contributed by atoms with van der Waals surface area (Å²) in [5.74, 6) is 0. The highest BCUT2D eigenvalue weighted by Gasteiger charge is 2.54. The molecule has 0 radical (unpaired) electrons. The van der Waals surface area contributed by atoms with E-state index in [1.54, 1.807) is 0 Å². The van der Waals surface area contributed by atoms with E-state index in [1.807, 2.05) is 0 Å². The van der Waals surface area contributed by atoms with Crippen molar-refractivity contribution >= 4 is 0 Å². The first kappa shape index (κ1) is 20.9. The summed E-state index contributed by atoms with van der Waals surface area (Å²) in [5.41, 5.74) is -1.67. The summed E-state index contributed by atoms with van der Waals surface area (Å²) in [6.07, 6.45) is -10.7. The van der Waals surface area contributed by atoms with Crippen molar-refractivity contribution in [2.45, 2.75) is 54.4 Å². The summed E-state index contributed by atoms with van der Waals surface area (Å²) < 4.78 is 15.9. The lowest BCUT2D eigenvalue weighted by Gasteiger charge is -2.40. The number of ether oxygens (including phenoxy) is 3. The number of rotatable bonds is 7. The Labute approximate surface area is 143 Å². The molecule has 0 amide bonds. The van der Waals surface area contributed by atoms with Crippen LogP contribution in [-0.2, 0) is 14.2 Å². The minimum absolute atomic E-state index is 0.306. The van der Waals surface area contributed by atoms with Gasteiger partial charge in [-0.2, -0.15) is 0 Å². The van der Waals surface area contributed by atoms with Crippen molar-refractivity contribution in [3.8, 4) is 0 Å². The van der Waals surface area contributed by atoms with Gasteiger partial charge in [0.05, 0.1) is 33.0 Å². The zero-order chi connectivity index (χ0) is 18.8. The second-order valence-corrected chi connectivity index (χ2v) is 6.38. The van der Waals surface area contributed by atoms with Gasteiger partial charge in [0, 0.05) is 0 Å². The largest absolute Gasteiger partial charge is 0.394 e. The molecule has 2 fully saturated rings. The Morgan fingerprint density at radius 3 is 1.88 bits per heavy atom. The van der Waals surface area contributed by atoms with Crippen LogP contribution in [0, 0.1) is 0 Å². The van der Waals surface area contributed by atoms with E-state index in [0.717, 1.165) is 0 Å². The highest BCUT2D eigenvalue weighted by Crippen LogP contribution is 2.32. The van der Waals surface area contributed by atoms with Gasteiger partial charge < -0.3 is 55.1 Å². The second kappa shape index (κ2) is 8.50. The molecule has 2 saturated heterocycles. The fraction of sp³-hybridized carbons (Fsp3) is 1.00. The maximum absolute atomic E-state index is 10.0. The highest BCUT2D eigenvalue weighted by molar-refractivity contribution is 5.02. The number of hydrogen-bond donors (Lipinski definition) is 8. The van der Waals surface area contributed by atoms with Crippen LogP contribution in [0.4, 0.5) is 0 Å². The maximum Gasteiger partial charge on any atom is 0.143 e. The average molecular weight is 370 g/mol. The SMILES string of the molecule is OCC1OC(CO)(COCC2OC(CO)[C@H](O)[C@@H](O)[C@@H]2O)[C@H](O)C1O. The summed E-state index contributed by atoms with van der Waals surface area (Å²) in [5, 5.41) is 76.9. The Hall–Kier alpha value is -0.440. The van der Waals surface area contributed by atoms with Gasteiger partial charge in [0.2, 0.25) is 0 Å². The van der Waals surface area contributed by atoms with Crippen LogP contribution in [0.5, 0.6) is 0 Å². The smallest absolute Gasteiger partial charge is 0.143 e. The molecule has 11 nitrogen and oxygen atoms in total. The Balaban J connectivity index is 1.94. The predicted molar refractivity (Wildman–Crippen MR) is 78.4 cm³/mol. The molecule has 2 heterocycles. The first-order chi connectivity index (χ1) is 11.8. The molecular weight excluding hydrogens is 344 g/mol. The Kier molecular flexibility index (Phi) is 7.09. The molecule has 5 unspecified atom stereocenters. The van der Waals surface area contributed by atoms with E-state index >= 15 is 0 Å². The molecule has 148 valence electrons. The lowest BCUT2D eigenvalue weighted by atomic mass is 9.95. The van der Waals surface area contributed by atoms with Crippen LogP contribution in [0.3, 0.4) is 0 Å². The minimum Gasteiger partial charge on any atom is -0.394 e. The molecule has 0 aromatic rings. The van der Waals surface area contributed by atoms with Crippen molar-refractivity contribution in [2.24, 2.45) is 0 Å². The van der Waals surface area contributed by atoms with Gasteiger partial charge in [-0.05, 0) is 0 Å². The molecule has 0 bridgehead atoms. The van der Waals surface area contributed by atoms with E-state index < -0.39 is 80.9 Å². The molecule has 2 aliphatic rings. The number of hydrogen-bond acceptors (Lipinski definition) is 11. The Bertz CT molecular complexity index is 422. The first-order valence-corrected chi connectivity index (χ1v) is 7.95. The van der Waals surface area contributed by atoms with E-state index in [9.17, 15) is 30.6 Å². The summed E-state index contributed by atoms with van der Waals surface area (Å²) >= 11 is 0. The quantitative estimate of drug-likeness (QED) is 0.214. The fourth-order valence-corrected chi connectivity index (χ4v) is 3.06. The van der Waals surface area contributed by atoms with Crippen molar-refractivity contribution in [2.75, 3.05) is 33.0 Å². The lowest BCUT2D eigenvalue weighted by molar-refractivity contribution is -0.244. The van der Waals surface area contributed by atoms with Gasteiger partial charge in [0.25, 0.3) is 0 Å². The van der Waals surface area contributed by atoms with Gasteiger partial charge in [0.15, 0.2) is 0 Å². The molecule has 0 aromatic carbocycles. The third kappa shape index (κ3) is 3.96. The molecule has 0 aliphatic carbocycles.